The van der Waals surface area contributed by atoms with E-state index in [0.29, 0.717) is 5.02 Å². The van der Waals surface area contributed by atoms with Gasteiger partial charge >= 0.3 is 0 Å². The van der Waals surface area contributed by atoms with Crippen LogP contribution < -0.4 is 0 Å². The SMILES string of the molecule is CN(C)CCc1c(CS(=O)(=O)c2ccc(Cl)cc2)[nH]c2ccccc12.Cl. The predicted molar refractivity (Wildman–Crippen MR) is 110 cm³/mol. The van der Waals surface area contributed by atoms with Gasteiger partial charge in [-0.2, -0.15) is 0 Å². The van der Waals surface area contributed by atoms with Gasteiger partial charge in [0.05, 0.1) is 10.6 Å². The summed E-state index contributed by atoms with van der Waals surface area (Å²) in [7, 11) is 0.583. The Morgan fingerprint density at radius 2 is 1.69 bits per heavy atom. The number of halogens is 2. The Morgan fingerprint density at radius 1 is 1.04 bits per heavy atom. The molecule has 7 heteroatoms. The summed E-state index contributed by atoms with van der Waals surface area (Å²) in [5.74, 6) is -0.0495. The second-order valence-corrected chi connectivity index (χ2v) is 8.82. The summed E-state index contributed by atoms with van der Waals surface area (Å²) in [5, 5.41) is 1.61. The Bertz CT molecular complexity index is 980. The maximum Gasteiger partial charge on any atom is 0.183 e. The molecule has 1 aromatic heterocycles. The lowest BCUT2D eigenvalue weighted by molar-refractivity contribution is 0.414. The number of rotatable bonds is 6. The molecule has 2 aromatic carbocycles. The second kappa shape index (κ2) is 8.44. The van der Waals surface area contributed by atoms with E-state index in [9.17, 15) is 8.42 Å². The van der Waals surface area contributed by atoms with Crippen molar-refractivity contribution in [2.75, 3.05) is 20.6 Å². The lowest BCUT2D eigenvalue weighted by Gasteiger charge is -2.11. The number of para-hydroxylation sites is 1. The highest BCUT2D eigenvalue weighted by atomic mass is 35.5. The van der Waals surface area contributed by atoms with Gasteiger partial charge in [-0.1, -0.05) is 29.8 Å². The third-order valence-corrected chi connectivity index (χ3v) is 6.13. The summed E-state index contributed by atoms with van der Waals surface area (Å²) < 4.78 is 25.6. The number of sulfone groups is 1. The van der Waals surface area contributed by atoms with Crippen LogP contribution in [0.4, 0.5) is 0 Å². The topological polar surface area (TPSA) is 53.2 Å². The molecule has 0 aliphatic rings. The molecule has 0 spiro atoms. The molecule has 0 aliphatic heterocycles. The molecule has 0 saturated carbocycles. The number of hydrogen-bond acceptors (Lipinski definition) is 3. The molecule has 0 amide bonds. The number of benzene rings is 2. The zero-order valence-corrected chi connectivity index (χ0v) is 17.1. The first kappa shape index (κ1) is 20.8. The zero-order chi connectivity index (χ0) is 18.0. The molecule has 1 N–H and O–H groups in total. The van der Waals surface area contributed by atoms with Gasteiger partial charge in [0.2, 0.25) is 0 Å². The average molecular weight is 413 g/mol. The highest BCUT2D eigenvalue weighted by Gasteiger charge is 2.20. The molecule has 0 bridgehead atoms. The number of hydrogen-bond donors (Lipinski definition) is 1. The first-order valence-corrected chi connectivity index (χ1v) is 10.1. The minimum atomic E-state index is -3.44. The molecule has 0 unspecified atom stereocenters. The average Bonchev–Trinajstić information content (AvgIpc) is 2.89. The second-order valence-electron chi connectivity index (χ2n) is 6.39. The van der Waals surface area contributed by atoms with Crippen molar-refractivity contribution in [2.45, 2.75) is 17.1 Å². The quantitative estimate of drug-likeness (QED) is 0.655. The van der Waals surface area contributed by atoms with Crippen LogP contribution in [-0.2, 0) is 22.0 Å². The highest BCUT2D eigenvalue weighted by Crippen LogP contribution is 2.27. The first-order chi connectivity index (χ1) is 11.9. The lowest BCUT2D eigenvalue weighted by Crippen LogP contribution is -2.16. The van der Waals surface area contributed by atoms with Crippen LogP contribution in [0.5, 0.6) is 0 Å². The van der Waals surface area contributed by atoms with E-state index < -0.39 is 9.84 Å². The van der Waals surface area contributed by atoms with Crippen molar-refractivity contribution in [3.05, 3.63) is 64.8 Å². The van der Waals surface area contributed by atoms with Gasteiger partial charge < -0.3 is 9.88 Å². The summed E-state index contributed by atoms with van der Waals surface area (Å²) in [6, 6.07) is 14.3. The standard InChI is InChI=1S/C19H21ClN2O2S.ClH/c1-22(2)12-11-17-16-5-3-4-6-18(16)21-19(17)13-25(23,24)15-9-7-14(20)8-10-15;/h3-10,21H,11-13H2,1-2H3;1H. The Morgan fingerprint density at radius 3 is 2.35 bits per heavy atom. The van der Waals surface area contributed by atoms with Gasteiger partial charge in [0.1, 0.15) is 0 Å². The van der Waals surface area contributed by atoms with E-state index in [4.69, 9.17) is 11.6 Å². The number of nitrogens with one attached hydrogen (secondary N) is 1. The molecule has 0 aliphatic carbocycles. The highest BCUT2D eigenvalue weighted by molar-refractivity contribution is 7.90. The lowest BCUT2D eigenvalue weighted by atomic mass is 10.1. The number of fused-ring (bicyclic) bond motifs is 1. The first-order valence-electron chi connectivity index (χ1n) is 8.08. The molecule has 4 nitrogen and oxygen atoms in total. The van der Waals surface area contributed by atoms with E-state index in [1.165, 1.54) is 0 Å². The molecule has 0 saturated heterocycles. The molecule has 26 heavy (non-hydrogen) atoms. The summed E-state index contributed by atoms with van der Waals surface area (Å²) in [4.78, 5) is 5.68. The summed E-state index contributed by atoms with van der Waals surface area (Å²) in [6.45, 7) is 0.857. The Kier molecular flexibility index (Phi) is 6.74. The van der Waals surface area contributed by atoms with Gasteiger partial charge in [0, 0.05) is 28.2 Å². The van der Waals surface area contributed by atoms with Crippen molar-refractivity contribution in [3.8, 4) is 0 Å². The van der Waals surface area contributed by atoms with E-state index in [-0.39, 0.29) is 23.1 Å². The predicted octanol–water partition coefficient (Wildman–Crippen LogP) is 4.32. The van der Waals surface area contributed by atoms with Gasteiger partial charge in [-0.15, -0.1) is 12.4 Å². The van der Waals surface area contributed by atoms with Crippen LogP contribution in [0, 0.1) is 0 Å². The van der Waals surface area contributed by atoms with Gasteiger partial charge in [-0.25, -0.2) is 8.42 Å². The number of H-pyrrole nitrogens is 1. The Balaban J connectivity index is 0.00000243. The van der Waals surface area contributed by atoms with E-state index in [1.807, 2.05) is 38.4 Å². The van der Waals surface area contributed by atoms with Crippen LogP contribution in [-0.4, -0.2) is 38.9 Å². The molecule has 3 aromatic rings. The normalized spacial score (nSPS) is 11.7. The number of nitrogens with zero attached hydrogens (tertiary/aromatic N) is 1. The van der Waals surface area contributed by atoms with E-state index >= 15 is 0 Å². The maximum absolute atomic E-state index is 12.8. The smallest absolute Gasteiger partial charge is 0.183 e. The van der Waals surface area contributed by atoms with Crippen molar-refractivity contribution in [1.82, 2.24) is 9.88 Å². The van der Waals surface area contributed by atoms with Gasteiger partial charge in [0.15, 0.2) is 9.84 Å². The molecule has 3 rings (SSSR count). The van der Waals surface area contributed by atoms with Crippen molar-refractivity contribution >= 4 is 44.7 Å². The summed E-state index contributed by atoms with van der Waals surface area (Å²) >= 11 is 5.87. The van der Waals surface area contributed by atoms with Gasteiger partial charge in [-0.05, 0) is 56.4 Å². The van der Waals surface area contributed by atoms with E-state index in [0.717, 1.165) is 35.1 Å². The zero-order valence-electron chi connectivity index (χ0n) is 14.7. The minimum absolute atomic E-state index is 0. The molecule has 0 atom stereocenters. The van der Waals surface area contributed by atoms with Crippen LogP contribution in [0.3, 0.4) is 0 Å². The van der Waals surface area contributed by atoms with Gasteiger partial charge in [-0.3, -0.25) is 0 Å². The van der Waals surface area contributed by atoms with Crippen molar-refractivity contribution < 1.29 is 8.42 Å². The van der Waals surface area contributed by atoms with Crippen molar-refractivity contribution in [3.63, 3.8) is 0 Å². The Labute approximate surface area is 165 Å². The van der Waals surface area contributed by atoms with Crippen LogP contribution in [0.25, 0.3) is 10.9 Å². The van der Waals surface area contributed by atoms with Crippen LogP contribution in [0.1, 0.15) is 11.3 Å². The maximum atomic E-state index is 12.8. The minimum Gasteiger partial charge on any atom is -0.357 e. The number of aromatic amines is 1. The fraction of sp³-hybridized carbons (Fsp3) is 0.263. The van der Waals surface area contributed by atoms with Crippen molar-refractivity contribution in [1.29, 1.82) is 0 Å². The molecule has 140 valence electrons. The third kappa shape index (κ3) is 4.60. The van der Waals surface area contributed by atoms with E-state index in [1.54, 1.807) is 24.3 Å². The third-order valence-electron chi connectivity index (χ3n) is 4.22. The van der Waals surface area contributed by atoms with Gasteiger partial charge in [0.25, 0.3) is 0 Å². The van der Waals surface area contributed by atoms with E-state index in [2.05, 4.69) is 9.88 Å². The summed E-state index contributed by atoms with van der Waals surface area (Å²) in [6.07, 6.45) is 0.794. The number of aromatic nitrogens is 1. The largest absolute Gasteiger partial charge is 0.357 e. The Hall–Kier alpha value is -1.53. The fourth-order valence-corrected chi connectivity index (χ4v) is 4.39. The monoisotopic (exact) mass is 412 g/mol. The summed E-state index contributed by atoms with van der Waals surface area (Å²) in [5.41, 5.74) is 2.80. The number of likely N-dealkylation sites (N-methyl/N-ethyl adjacent to an activating group) is 1. The van der Waals surface area contributed by atoms with Crippen molar-refractivity contribution in [2.24, 2.45) is 0 Å². The molecule has 0 fully saturated rings. The molecule has 1 heterocycles. The fourth-order valence-electron chi connectivity index (χ4n) is 2.92. The molecular formula is C19H22Cl2N2O2S. The van der Waals surface area contributed by atoms with Crippen LogP contribution in [0.2, 0.25) is 5.02 Å². The molecular weight excluding hydrogens is 391 g/mol. The molecule has 0 radical (unpaired) electrons. The van der Waals surface area contributed by atoms with Crippen LogP contribution in [0.15, 0.2) is 53.4 Å². The van der Waals surface area contributed by atoms with Crippen LogP contribution >= 0.6 is 24.0 Å².